The first-order chi connectivity index (χ1) is 9.50. The Kier molecular flexibility index (Phi) is 7.93. The summed E-state index contributed by atoms with van der Waals surface area (Å²) in [6.07, 6.45) is 0.439. The van der Waals surface area contributed by atoms with Crippen molar-refractivity contribution in [3.8, 4) is 0 Å². The number of carbonyl (C=O) groups is 2. The van der Waals surface area contributed by atoms with Gasteiger partial charge < -0.3 is 16.0 Å². The summed E-state index contributed by atoms with van der Waals surface area (Å²) in [6, 6.07) is -0.477. The van der Waals surface area contributed by atoms with Gasteiger partial charge in [0.25, 0.3) is 0 Å². The monoisotopic (exact) mass is 299 g/mol. The molecule has 0 aliphatic rings. The average molecular weight is 299 g/mol. The molecule has 124 valence electrons. The maximum Gasteiger partial charge on any atom is 0.245 e. The van der Waals surface area contributed by atoms with E-state index in [0.29, 0.717) is 19.5 Å². The second-order valence-corrected chi connectivity index (χ2v) is 7.45. The van der Waals surface area contributed by atoms with Gasteiger partial charge in [-0.05, 0) is 23.8 Å². The second-order valence-electron chi connectivity index (χ2n) is 7.45. The van der Waals surface area contributed by atoms with Crippen LogP contribution in [0.4, 0.5) is 0 Å². The molecule has 0 heterocycles. The van der Waals surface area contributed by atoms with Gasteiger partial charge in [0.1, 0.15) is 6.04 Å². The van der Waals surface area contributed by atoms with Crippen LogP contribution < -0.4 is 11.1 Å². The van der Waals surface area contributed by atoms with Gasteiger partial charge in [0.2, 0.25) is 11.8 Å². The number of hydrogen-bond acceptors (Lipinski definition) is 3. The molecule has 0 rings (SSSR count). The largest absolute Gasteiger partial charge is 0.344 e. The van der Waals surface area contributed by atoms with E-state index in [-0.39, 0.29) is 29.1 Å². The van der Waals surface area contributed by atoms with Crippen molar-refractivity contribution in [1.82, 2.24) is 10.2 Å². The molecule has 0 aromatic carbocycles. The zero-order valence-electron chi connectivity index (χ0n) is 14.7. The van der Waals surface area contributed by atoms with Crippen molar-refractivity contribution < 1.29 is 9.59 Å². The third kappa shape index (κ3) is 7.46. The SMILES string of the molecule is CC(C)CC(=O)NC(C(=O)N(C)CC(C)(C)CN)C(C)C. The number of amides is 2. The lowest BCUT2D eigenvalue weighted by molar-refractivity contribution is -0.137. The molecule has 0 spiro atoms. The molecule has 21 heavy (non-hydrogen) atoms. The van der Waals surface area contributed by atoms with Crippen LogP contribution in [0.1, 0.15) is 48.0 Å². The third-order valence-electron chi connectivity index (χ3n) is 3.44. The van der Waals surface area contributed by atoms with E-state index in [1.165, 1.54) is 0 Å². The zero-order valence-corrected chi connectivity index (χ0v) is 14.7. The Hall–Kier alpha value is -1.10. The van der Waals surface area contributed by atoms with Crippen molar-refractivity contribution in [2.75, 3.05) is 20.1 Å². The molecule has 1 unspecified atom stereocenters. The van der Waals surface area contributed by atoms with Crippen LogP contribution in [0.15, 0.2) is 0 Å². The van der Waals surface area contributed by atoms with Crippen molar-refractivity contribution >= 4 is 11.8 Å². The number of likely N-dealkylation sites (N-methyl/N-ethyl adjacent to an activating group) is 1. The smallest absolute Gasteiger partial charge is 0.245 e. The molecular weight excluding hydrogens is 266 g/mol. The van der Waals surface area contributed by atoms with Gasteiger partial charge in [-0.25, -0.2) is 0 Å². The topological polar surface area (TPSA) is 75.4 Å². The highest BCUT2D eigenvalue weighted by Gasteiger charge is 2.29. The summed E-state index contributed by atoms with van der Waals surface area (Å²) in [7, 11) is 1.77. The van der Waals surface area contributed by atoms with E-state index in [2.05, 4.69) is 5.32 Å². The summed E-state index contributed by atoms with van der Waals surface area (Å²) in [5.41, 5.74) is 5.59. The Morgan fingerprint density at radius 1 is 1.19 bits per heavy atom. The Morgan fingerprint density at radius 3 is 2.10 bits per heavy atom. The average Bonchev–Trinajstić information content (AvgIpc) is 2.33. The Bertz CT molecular complexity index is 351. The number of hydrogen-bond donors (Lipinski definition) is 2. The maximum absolute atomic E-state index is 12.6. The van der Waals surface area contributed by atoms with E-state index < -0.39 is 6.04 Å². The fourth-order valence-electron chi connectivity index (χ4n) is 2.14. The quantitative estimate of drug-likeness (QED) is 0.715. The van der Waals surface area contributed by atoms with Crippen LogP contribution in [0.25, 0.3) is 0 Å². The summed E-state index contributed by atoms with van der Waals surface area (Å²) in [6.45, 7) is 13.0. The molecule has 0 aromatic heterocycles. The molecule has 1 atom stereocenters. The molecule has 2 amide bonds. The van der Waals surface area contributed by atoms with Crippen LogP contribution in [0, 0.1) is 17.3 Å². The molecule has 0 aliphatic heterocycles. The lowest BCUT2D eigenvalue weighted by Gasteiger charge is -2.33. The van der Waals surface area contributed by atoms with E-state index in [9.17, 15) is 9.59 Å². The molecule has 3 N–H and O–H groups in total. The highest BCUT2D eigenvalue weighted by Crippen LogP contribution is 2.16. The van der Waals surface area contributed by atoms with Crippen LogP contribution in [0.2, 0.25) is 0 Å². The molecule has 0 aromatic rings. The van der Waals surface area contributed by atoms with Gasteiger partial charge >= 0.3 is 0 Å². The van der Waals surface area contributed by atoms with Crippen LogP contribution in [-0.2, 0) is 9.59 Å². The van der Waals surface area contributed by atoms with E-state index in [0.717, 1.165) is 0 Å². The third-order valence-corrected chi connectivity index (χ3v) is 3.44. The number of rotatable bonds is 8. The van der Waals surface area contributed by atoms with Crippen molar-refractivity contribution in [3.63, 3.8) is 0 Å². The molecule has 0 radical (unpaired) electrons. The van der Waals surface area contributed by atoms with Gasteiger partial charge in [0.05, 0.1) is 0 Å². The lowest BCUT2D eigenvalue weighted by Crippen LogP contribution is -2.52. The number of nitrogens with zero attached hydrogens (tertiary/aromatic N) is 1. The van der Waals surface area contributed by atoms with Gasteiger partial charge in [-0.15, -0.1) is 0 Å². The van der Waals surface area contributed by atoms with Crippen LogP contribution in [0.5, 0.6) is 0 Å². The van der Waals surface area contributed by atoms with Crippen molar-refractivity contribution in [2.45, 2.75) is 54.0 Å². The van der Waals surface area contributed by atoms with Crippen molar-refractivity contribution in [3.05, 3.63) is 0 Å². The summed E-state index contributed by atoms with van der Waals surface area (Å²) in [4.78, 5) is 26.2. The van der Waals surface area contributed by atoms with Crippen LogP contribution in [0.3, 0.4) is 0 Å². The highest BCUT2D eigenvalue weighted by atomic mass is 16.2. The molecule has 0 aliphatic carbocycles. The molecule has 0 fully saturated rings. The number of carbonyl (C=O) groups excluding carboxylic acids is 2. The minimum absolute atomic E-state index is 0.0522. The standard InChI is InChI=1S/C16H33N3O2/c1-11(2)8-13(20)18-14(12(3)4)15(21)19(7)10-16(5,6)9-17/h11-12,14H,8-10,17H2,1-7H3,(H,18,20). The summed E-state index contributed by atoms with van der Waals surface area (Å²) in [5.74, 6) is 0.214. The number of nitrogens with one attached hydrogen (secondary N) is 1. The number of nitrogens with two attached hydrogens (primary N) is 1. The normalized spacial score (nSPS) is 13.4. The second kappa shape index (κ2) is 8.37. The van der Waals surface area contributed by atoms with Crippen LogP contribution >= 0.6 is 0 Å². The van der Waals surface area contributed by atoms with E-state index in [1.807, 2.05) is 41.5 Å². The van der Waals surface area contributed by atoms with E-state index in [4.69, 9.17) is 5.73 Å². The van der Waals surface area contributed by atoms with E-state index in [1.54, 1.807) is 11.9 Å². The predicted octanol–water partition coefficient (Wildman–Crippen LogP) is 1.62. The van der Waals surface area contributed by atoms with Crippen molar-refractivity contribution in [2.24, 2.45) is 23.0 Å². The first kappa shape index (κ1) is 19.9. The molecule has 5 heteroatoms. The summed E-state index contributed by atoms with van der Waals surface area (Å²) < 4.78 is 0. The first-order valence-corrected chi connectivity index (χ1v) is 7.74. The Morgan fingerprint density at radius 2 is 1.71 bits per heavy atom. The Balaban J connectivity index is 4.80. The maximum atomic E-state index is 12.6. The zero-order chi connectivity index (χ0) is 16.8. The fraction of sp³-hybridized carbons (Fsp3) is 0.875. The van der Waals surface area contributed by atoms with Gasteiger partial charge in [0.15, 0.2) is 0 Å². The molecular formula is C16H33N3O2. The Labute approximate surface area is 129 Å². The minimum Gasteiger partial charge on any atom is -0.344 e. The van der Waals surface area contributed by atoms with Gasteiger partial charge in [-0.2, -0.15) is 0 Å². The molecule has 0 saturated heterocycles. The lowest BCUT2D eigenvalue weighted by atomic mass is 9.92. The van der Waals surface area contributed by atoms with Crippen molar-refractivity contribution in [1.29, 1.82) is 0 Å². The molecule has 5 nitrogen and oxygen atoms in total. The van der Waals surface area contributed by atoms with Crippen LogP contribution in [-0.4, -0.2) is 42.9 Å². The van der Waals surface area contributed by atoms with Gasteiger partial charge in [-0.3, -0.25) is 9.59 Å². The fourth-order valence-corrected chi connectivity index (χ4v) is 2.14. The summed E-state index contributed by atoms with van der Waals surface area (Å²) >= 11 is 0. The van der Waals surface area contributed by atoms with Gasteiger partial charge in [-0.1, -0.05) is 41.5 Å². The van der Waals surface area contributed by atoms with E-state index >= 15 is 0 Å². The predicted molar refractivity (Wildman–Crippen MR) is 86.7 cm³/mol. The molecule has 0 bridgehead atoms. The summed E-state index contributed by atoms with van der Waals surface area (Å²) in [5, 5.41) is 2.87. The first-order valence-electron chi connectivity index (χ1n) is 7.74. The van der Waals surface area contributed by atoms with Gasteiger partial charge in [0, 0.05) is 20.0 Å². The highest BCUT2D eigenvalue weighted by molar-refractivity contribution is 5.87. The minimum atomic E-state index is -0.477. The molecule has 0 saturated carbocycles.